The maximum atomic E-state index is 13.0. The van der Waals surface area contributed by atoms with Gasteiger partial charge >= 0.3 is 5.97 Å². The van der Waals surface area contributed by atoms with Gasteiger partial charge < -0.3 is 9.47 Å². The number of hydrogen-bond donors (Lipinski definition) is 0. The summed E-state index contributed by atoms with van der Waals surface area (Å²) in [6.45, 7) is 21.6. The summed E-state index contributed by atoms with van der Waals surface area (Å²) in [6, 6.07) is 0. The van der Waals surface area contributed by atoms with Crippen LogP contribution < -0.4 is 0 Å². The predicted molar refractivity (Wildman–Crippen MR) is 92.6 cm³/mol. The molecule has 0 amide bonds. The Bertz CT molecular complexity index is 354. The summed E-state index contributed by atoms with van der Waals surface area (Å²) < 4.78 is 11.0. The molecule has 0 aliphatic heterocycles. The van der Waals surface area contributed by atoms with Crippen LogP contribution in [0, 0.1) is 22.2 Å². The van der Waals surface area contributed by atoms with E-state index in [1.165, 1.54) is 0 Å². The highest BCUT2D eigenvalue weighted by Gasteiger charge is 2.52. The summed E-state index contributed by atoms with van der Waals surface area (Å²) >= 11 is 0. The summed E-state index contributed by atoms with van der Waals surface area (Å²) in [5.74, 6) is 0.281. The minimum absolute atomic E-state index is 0.0490. The number of hydrogen-bond acceptors (Lipinski definition) is 3. The number of ether oxygens (including phenoxy) is 2. The Balaban J connectivity index is 5.56. The monoisotopic (exact) mass is 314 g/mol. The largest absolute Gasteiger partial charge is 0.436 e. The van der Waals surface area contributed by atoms with Crippen molar-refractivity contribution in [2.45, 2.75) is 88.4 Å². The zero-order chi connectivity index (χ0) is 17.8. The van der Waals surface area contributed by atoms with Crippen LogP contribution >= 0.6 is 0 Å². The van der Waals surface area contributed by atoms with Crippen LogP contribution in [0.25, 0.3) is 0 Å². The summed E-state index contributed by atoms with van der Waals surface area (Å²) in [7, 11) is 0. The molecule has 3 atom stereocenters. The average molecular weight is 315 g/mol. The molecule has 3 nitrogen and oxygen atoms in total. The minimum atomic E-state index is -0.550. The van der Waals surface area contributed by atoms with E-state index in [0.29, 0.717) is 12.5 Å². The third kappa shape index (κ3) is 5.26. The smallest absolute Gasteiger partial charge is 0.314 e. The third-order valence-corrected chi connectivity index (χ3v) is 5.28. The van der Waals surface area contributed by atoms with Gasteiger partial charge in [0.2, 0.25) is 0 Å². The lowest BCUT2D eigenvalue weighted by molar-refractivity contribution is -0.196. The Morgan fingerprint density at radius 1 is 1.00 bits per heavy atom. The van der Waals surface area contributed by atoms with E-state index in [1.54, 1.807) is 6.92 Å². The van der Waals surface area contributed by atoms with Crippen LogP contribution in [-0.2, 0) is 14.3 Å². The zero-order valence-electron chi connectivity index (χ0n) is 16.5. The molecule has 0 aromatic carbocycles. The van der Waals surface area contributed by atoms with Crippen LogP contribution in [-0.4, -0.2) is 18.9 Å². The second-order valence-corrected chi connectivity index (χ2v) is 8.53. The van der Waals surface area contributed by atoms with Gasteiger partial charge in [0.1, 0.15) is 0 Å². The highest BCUT2D eigenvalue weighted by Crippen LogP contribution is 2.52. The molecule has 0 rings (SSSR count). The first-order valence-electron chi connectivity index (χ1n) is 8.64. The molecule has 0 aromatic rings. The molecule has 3 unspecified atom stereocenters. The van der Waals surface area contributed by atoms with E-state index in [-0.39, 0.29) is 16.8 Å². The summed E-state index contributed by atoms with van der Waals surface area (Å²) in [5, 5.41) is 0. The van der Waals surface area contributed by atoms with Crippen molar-refractivity contribution in [3.05, 3.63) is 0 Å². The topological polar surface area (TPSA) is 35.5 Å². The van der Waals surface area contributed by atoms with Crippen molar-refractivity contribution in [2.75, 3.05) is 6.61 Å². The number of carbonyl (C=O) groups excluding carboxylic acids is 1. The van der Waals surface area contributed by atoms with E-state index in [4.69, 9.17) is 9.47 Å². The van der Waals surface area contributed by atoms with E-state index < -0.39 is 11.7 Å². The molecule has 0 fully saturated rings. The lowest BCUT2D eigenvalue weighted by Crippen LogP contribution is -2.49. The van der Waals surface area contributed by atoms with Gasteiger partial charge in [0, 0.05) is 6.61 Å². The van der Waals surface area contributed by atoms with Crippen molar-refractivity contribution in [1.82, 2.24) is 0 Å². The van der Waals surface area contributed by atoms with Gasteiger partial charge in [0.05, 0.1) is 5.41 Å². The molecule has 0 saturated heterocycles. The average Bonchev–Trinajstić information content (AvgIpc) is 2.35. The Hall–Kier alpha value is -0.570. The van der Waals surface area contributed by atoms with Crippen LogP contribution in [0.3, 0.4) is 0 Å². The molecular weight excluding hydrogens is 276 g/mol. The van der Waals surface area contributed by atoms with E-state index in [0.717, 1.165) is 12.8 Å². The number of esters is 1. The highest BCUT2D eigenvalue weighted by molar-refractivity contribution is 5.77. The molecule has 3 heteroatoms. The van der Waals surface area contributed by atoms with Gasteiger partial charge in [-0.15, -0.1) is 0 Å². The summed E-state index contributed by atoms with van der Waals surface area (Å²) in [6.07, 6.45) is 1.33. The summed E-state index contributed by atoms with van der Waals surface area (Å²) in [5.41, 5.74) is -0.655. The third-order valence-electron chi connectivity index (χ3n) is 5.28. The SMILES string of the molecule is CCOC(C)OC(=O)C(C)(CC(C)(C)C)C(C)(C)C(C)CC. The van der Waals surface area contributed by atoms with E-state index in [1.807, 2.05) is 6.92 Å². The molecule has 22 heavy (non-hydrogen) atoms. The molecule has 0 N–H and O–H groups in total. The van der Waals surface area contributed by atoms with E-state index in [2.05, 4.69) is 55.4 Å². The van der Waals surface area contributed by atoms with Crippen molar-refractivity contribution in [3.63, 3.8) is 0 Å². The van der Waals surface area contributed by atoms with Crippen molar-refractivity contribution in [1.29, 1.82) is 0 Å². The Labute approximate surface area is 138 Å². The lowest BCUT2D eigenvalue weighted by atomic mass is 9.55. The van der Waals surface area contributed by atoms with Crippen LogP contribution in [0.2, 0.25) is 0 Å². The molecule has 132 valence electrons. The standard InChI is InChI=1S/C19H38O3/c1-11-14(3)18(8,9)19(10,13-17(5,6)7)16(20)22-15(4)21-12-2/h14-15H,11-13H2,1-10H3. The number of rotatable bonds is 8. The van der Waals surface area contributed by atoms with Crippen LogP contribution in [0.1, 0.15) is 82.1 Å². The Morgan fingerprint density at radius 3 is 1.86 bits per heavy atom. The predicted octanol–water partition coefficient (Wildman–Crippen LogP) is 5.43. The molecule has 0 aliphatic carbocycles. The molecule has 0 bridgehead atoms. The molecule has 0 aliphatic rings. The highest BCUT2D eigenvalue weighted by atomic mass is 16.7. The number of carbonyl (C=O) groups is 1. The van der Waals surface area contributed by atoms with E-state index in [9.17, 15) is 4.79 Å². The fourth-order valence-electron chi connectivity index (χ4n) is 3.23. The second-order valence-electron chi connectivity index (χ2n) is 8.53. The Kier molecular flexibility index (Phi) is 7.61. The van der Waals surface area contributed by atoms with Gasteiger partial charge in [-0.2, -0.15) is 0 Å². The van der Waals surface area contributed by atoms with Crippen LogP contribution in [0.15, 0.2) is 0 Å². The van der Waals surface area contributed by atoms with Crippen molar-refractivity contribution >= 4 is 5.97 Å². The first-order valence-corrected chi connectivity index (χ1v) is 8.64. The normalized spacial score (nSPS) is 18.5. The Morgan fingerprint density at radius 2 is 1.50 bits per heavy atom. The van der Waals surface area contributed by atoms with Gasteiger partial charge in [-0.3, -0.25) is 4.79 Å². The zero-order valence-corrected chi connectivity index (χ0v) is 16.5. The van der Waals surface area contributed by atoms with Crippen molar-refractivity contribution < 1.29 is 14.3 Å². The maximum absolute atomic E-state index is 13.0. The molecule has 0 heterocycles. The van der Waals surface area contributed by atoms with Crippen LogP contribution in [0.4, 0.5) is 0 Å². The molecular formula is C19H38O3. The van der Waals surface area contributed by atoms with Gasteiger partial charge in [-0.1, -0.05) is 54.9 Å². The first kappa shape index (κ1) is 21.4. The molecule has 0 radical (unpaired) electrons. The summed E-state index contributed by atoms with van der Waals surface area (Å²) in [4.78, 5) is 13.0. The fourth-order valence-corrected chi connectivity index (χ4v) is 3.23. The minimum Gasteiger partial charge on any atom is -0.436 e. The molecule has 0 aromatic heterocycles. The van der Waals surface area contributed by atoms with Gasteiger partial charge in [-0.25, -0.2) is 0 Å². The van der Waals surface area contributed by atoms with Crippen molar-refractivity contribution in [3.8, 4) is 0 Å². The van der Waals surface area contributed by atoms with E-state index >= 15 is 0 Å². The van der Waals surface area contributed by atoms with Crippen molar-refractivity contribution in [2.24, 2.45) is 22.2 Å². The van der Waals surface area contributed by atoms with Gasteiger partial charge in [-0.05, 0) is 43.9 Å². The lowest BCUT2D eigenvalue weighted by Gasteiger charge is -2.48. The van der Waals surface area contributed by atoms with Gasteiger partial charge in [0.25, 0.3) is 0 Å². The fraction of sp³-hybridized carbons (Fsp3) is 0.947. The maximum Gasteiger partial charge on any atom is 0.314 e. The van der Waals surface area contributed by atoms with Crippen LogP contribution in [0.5, 0.6) is 0 Å². The molecule has 0 spiro atoms. The first-order chi connectivity index (χ1) is 9.81. The second kappa shape index (κ2) is 7.81. The van der Waals surface area contributed by atoms with Gasteiger partial charge in [0.15, 0.2) is 6.29 Å². The quantitative estimate of drug-likeness (QED) is 0.443. The molecule has 0 saturated carbocycles.